The molecule has 21 heavy (non-hydrogen) atoms. The molecule has 0 aliphatic rings. The summed E-state index contributed by atoms with van der Waals surface area (Å²) in [4.78, 5) is 27.1. The van der Waals surface area contributed by atoms with Gasteiger partial charge in [-0.1, -0.05) is 29.8 Å². The number of carboxylic acids is 2. The zero-order chi connectivity index (χ0) is 15.7. The number of hydrogen-bond acceptors (Lipinski definition) is 3. The van der Waals surface area contributed by atoms with Crippen LogP contribution < -0.4 is 0 Å². The van der Waals surface area contributed by atoms with E-state index in [1.807, 2.05) is 0 Å². The lowest BCUT2D eigenvalue weighted by Gasteiger charge is -2.15. The van der Waals surface area contributed by atoms with Gasteiger partial charge >= 0.3 is 11.9 Å². The van der Waals surface area contributed by atoms with E-state index in [4.69, 9.17) is 11.6 Å². The van der Waals surface area contributed by atoms with Crippen LogP contribution in [0.15, 0.2) is 24.3 Å². The summed E-state index contributed by atoms with van der Waals surface area (Å²) in [5.41, 5.74) is 0.658. The van der Waals surface area contributed by atoms with Gasteiger partial charge in [0.05, 0.1) is 22.5 Å². The molecule has 0 unspecified atom stereocenters. The summed E-state index contributed by atoms with van der Waals surface area (Å²) < 4.78 is 0. The molecular formula is C15H12ClNO4. The van der Waals surface area contributed by atoms with Gasteiger partial charge in [0.1, 0.15) is 0 Å². The van der Waals surface area contributed by atoms with E-state index in [9.17, 15) is 19.8 Å². The highest BCUT2D eigenvalue weighted by atomic mass is 35.5. The van der Waals surface area contributed by atoms with E-state index >= 15 is 0 Å². The summed E-state index contributed by atoms with van der Waals surface area (Å²) in [7, 11) is 0. The Morgan fingerprint density at radius 1 is 1.00 bits per heavy atom. The second kappa shape index (κ2) is 5.54. The predicted octanol–water partition coefficient (Wildman–Crippen LogP) is 3.42. The Bertz CT molecular complexity index is 717. The van der Waals surface area contributed by atoms with Gasteiger partial charge in [-0.25, -0.2) is 9.59 Å². The summed E-state index contributed by atoms with van der Waals surface area (Å²) in [6.07, 6.45) is 0. The molecule has 0 aliphatic carbocycles. The van der Waals surface area contributed by atoms with Gasteiger partial charge in [-0.3, -0.25) is 4.98 Å². The molecule has 2 aromatic rings. The number of aromatic carboxylic acids is 2. The number of carbonyl (C=O) groups is 2. The van der Waals surface area contributed by atoms with Gasteiger partial charge < -0.3 is 10.2 Å². The zero-order valence-electron chi connectivity index (χ0n) is 11.3. The summed E-state index contributed by atoms with van der Waals surface area (Å²) in [5.74, 6) is -2.48. The molecule has 0 aliphatic heterocycles. The van der Waals surface area contributed by atoms with Crippen molar-refractivity contribution >= 4 is 23.5 Å². The Morgan fingerprint density at radius 3 is 1.90 bits per heavy atom. The first-order valence-electron chi connectivity index (χ1n) is 6.07. The maximum atomic E-state index is 11.5. The van der Waals surface area contributed by atoms with Crippen LogP contribution in [-0.2, 0) is 0 Å². The molecule has 2 N–H and O–H groups in total. The Balaban J connectivity index is 3.00. The molecule has 0 radical (unpaired) electrons. The van der Waals surface area contributed by atoms with Crippen molar-refractivity contribution in [2.75, 3.05) is 0 Å². The number of benzene rings is 1. The number of aryl methyl sites for hydroxylation is 2. The molecule has 0 fully saturated rings. The molecule has 0 bridgehead atoms. The summed E-state index contributed by atoms with van der Waals surface area (Å²) in [5, 5.41) is 19.1. The van der Waals surface area contributed by atoms with Crippen LogP contribution in [0.2, 0.25) is 5.02 Å². The minimum Gasteiger partial charge on any atom is -0.478 e. The molecule has 1 aromatic carbocycles. The van der Waals surface area contributed by atoms with E-state index in [2.05, 4.69) is 4.98 Å². The van der Waals surface area contributed by atoms with Gasteiger partial charge in [-0.15, -0.1) is 0 Å². The average Bonchev–Trinajstić information content (AvgIpc) is 2.37. The van der Waals surface area contributed by atoms with Crippen molar-refractivity contribution in [1.82, 2.24) is 4.98 Å². The lowest BCUT2D eigenvalue weighted by Crippen LogP contribution is -2.13. The van der Waals surface area contributed by atoms with Crippen molar-refractivity contribution in [3.05, 3.63) is 51.8 Å². The van der Waals surface area contributed by atoms with Crippen molar-refractivity contribution in [1.29, 1.82) is 0 Å². The highest BCUT2D eigenvalue weighted by molar-refractivity contribution is 6.33. The topological polar surface area (TPSA) is 87.5 Å². The average molecular weight is 306 g/mol. The molecule has 0 saturated carbocycles. The number of pyridine rings is 1. The van der Waals surface area contributed by atoms with Crippen molar-refractivity contribution in [2.24, 2.45) is 0 Å². The predicted molar refractivity (Wildman–Crippen MR) is 78.1 cm³/mol. The van der Waals surface area contributed by atoms with Crippen LogP contribution in [0.4, 0.5) is 0 Å². The van der Waals surface area contributed by atoms with E-state index in [1.165, 1.54) is 13.8 Å². The minimum atomic E-state index is -1.24. The maximum Gasteiger partial charge on any atom is 0.338 e. The number of rotatable bonds is 3. The highest BCUT2D eigenvalue weighted by Crippen LogP contribution is 2.35. The van der Waals surface area contributed by atoms with Crippen LogP contribution in [0.25, 0.3) is 11.1 Å². The molecule has 6 heteroatoms. The number of aromatic nitrogens is 1. The molecule has 1 heterocycles. The van der Waals surface area contributed by atoms with Crippen molar-refractivity contribution < 1.29 is 19.8 Å². The smallest absolute Gasteiger partial charge is 0.338 e. The van der Waals surface area contributed by atoms with E-state index < -0.39 is 11.9 Å². The van der Waals surface area contributed by atoms with Gasteiger partial charge in [-0.05, 0) is 19.9 Å². The number of nitrogens with zero attached hydrogens (tertiary/aromatic N) is 1. The van der Waals surface area contributed by atoms with Gasteiger partial charge in [0.15, 0.2) is 0 Å². The fraction of sp³-hybridized carbons (Fsp3) is 0.133. The summed E-state index contributed by atoms with van der Waals surface area (Å²) >= 11 is 6.11. The number of hydrogen-bond donors (Lipinski definition) is 2. The molecule has 0 amide bonds. The minimum absolute atomic E-state index is 0.0885. The van der Waals surface area contributed by atoms with Crippen LogP contribution in [0.1, 0.15) is 32.1 Å². The monoisotopic (exact) mass is 305 g/mol. The third kappa shape index (κ3) is 2.60. The number of halogens is 1. The Kier molecular flexibility index (Phi) is 3.95. The lowest BCUT2D eigenvalue weighted by molar-refractivity contribution is 0.0695. The van der Waals surface area contributed by atoms with E-state index in [0.29, 0.717) is 5.56 Å². The van der Waals surface area contributed by atoms with E-state index in [-0.39, 0.29) is 33.1 Å². The summed E-state index contributed by atoms with van der Waals surface area (Å²) in [6, 6.07) is 6.53. The third-order valence-electron chi connectivity index (χ3n) is 3.13. The first-order valence-corrected chi connectivity index (χ1v) is 6.45. The van der Waals surface area contributed by atoms with Crippen molar-refractivity contribution in [2.45, 2.75) is 13.8 Å². The van der Waals surface area contributed by atoms with Crippen LogP contribution >= 0.6 is 11.6 Å². The fourth-order valence-corrected chi connectivity index (χ4v) is 2.54. The molecule has 1 aromatic heterocycles. The fourth-order valence-electron chi connectivity index (χ4n) is 2.31. The first-order chi connectivity index (χ1) is 9.84. The largest absolute Gasteiger partial charge is 0.478 e. The SMILES string of the molecule is Cc1nc(C)c(C(=O)O)c(-c2ccccc2Cl)c1C(=O)O. The second-order valence-corrected chi connectivity index (χ2v) is 4.90. The molecular weight excluding hydrogens is 294 g/mol. The van der Waals surface area contributed by atoms with Crippen molar-refractivity contribution in [3.8, 4) is 11.1 Å². The molecule has 5 nitrogen and oxygen atoms in total. The highest BCUT2D eigenvalue weighted by Gasteiger charge is 2.26. The molecule has 0 atom stereocenters. The van der Waals surface area contributed by atoms with Crippen LogP contribution in [0.3, 0.4) is 0 Å². The van der Waals surface area contributed by atoms with Gasteiger partial charge in [-0.2, -0.15) is 0 Å². The molecule has 0 saturated heterocycles. The van der Waals surface area contributed by atoms with Gasteiger partial charge in [0.2, 0.25) is 0 Å². The number of carboxylic acid groups (broad SMARTS) is 2. The Hall–Kier alpha value is -2.40. The van der Waals surface area contributed by atoms with E-state index in [0.717, 1.165) is 0 Å². The quantitative estimate of drug-likeness (QED) is 0.907. The lowest BCUT2D eigenvalue weighted by atomic mass is 9.92. The third-order valence-corrected chi connectivity index (χ3v) is 3.46. The van der Waals surface area contributed by atoms with Crippen LogP contribution in [0.5, 0.6) is 0 Å². The molecule has 2 rings (SSSR count). The summed E-state index contributed by atoms with van der Waals surface area (Å²) in [6.45, 7) is 3.06. The van der Waals surface area contributed by atoms with Gasteiger partial charge in [0, 0.05) is 16.1 Å². The molecule has 108 valence electrons. The maximum absolute atomic E-state index is 11.5. The first kappa shape index (κ1) is 15.0. The zero-order valence-corrected chi connectivity index (χ0v) is 12.1. The molecule has 0 spiro atoms. The van der Waals surface area contributed by atoms with Crippen LogP contribution in [-0.4, -0.2) is 27.1 Å². The van der Waals surface area contributed by atoms with Gasteiger partial charge in [0.25, 0.3) is 0 Å². The Labute approximate surface area is 125 Å². The van der Waals surface area contributed by atoms with E-state index in [1.54, 1.807) is 24.3 Å². The van der Waals surface area contributed by atoms with Crippen molar-refractivity contribution in [3.63, 3.8) is 0 Å². The van der Waals surface area contributed by atoms with Crippen LogP contribution in [0, 0.1) is 13.8 Å². The normalized spacial score (nSPS) is 10.4. The second-order valence-electron chi connectivity index (χ2n) is 4.50. The standard InChI is InChI=1S/C15H12ClNO4/c1-7-11(14(18)19)13(9-5-3-4-6-10(9)16)12(15(20)21)8(2)17-7/h3-6H,1-2H3,(H,18,19)(H,20,21). The Morgan fingerprint density at radius 2 is 1.48 bits per heavy atom.